The molecule has 0 amide bonds. The highest BCUT2D eigenvalue weighted by Gasteiger charge is 2.32. The molecule has 0 aliphatic heterocycles. The van der Waals surface area contributed by atoms with Crippen molar-refractivity contribution >= 4 is 6.29 Å². The number of carbonyl (C=O) groups excluding carboxylic acids is 1. The summed E-state index contributed by atoms with van der Waals surface area (Å²) in [6.45, 7) is 4.54. The van der Waals surface area contributed by atoms with Gasteiger partial charge in [0.1, 0.15) is 6.29 Å². The first-order valence-corrected chi connectivity index (χ1v) is 5.31. The monoisotopic (exact) mass is 196 g/mol. The van der Waals surface area contributed by atoms with E-state index >= 15 is 0 Å². The highest BCUT2D eigenvalue weighted by Crippen LogP contribution is 2.40. The number of aliphatic hydroxyl groups excluding tert-OH is 1. The van der Waals surface area contributed by atoms with Crippen LogP contribution in [0.2, 0.25) is 0 Å². The minimum Gasteiger partial charge on any atom is -0.396 e. The molecule has 0 heterocycles. The molecular formula is C12H20O2. The van der Waals surface area contributed by atoms with Crippen LogP contribution in [0.15, 0.2) is 12.2 Å². The van der Waals surface area contributed by atoms with E-state index in [1.807, 2.05) is 6.08 Å². The molecule has 1 aliphatic carbocycles. The molecule has 0 spiro atoms. The van der Waals surface area contributed by atoms with Gasteiger partial charge in [0, 0.05) is 12.0 Å². The molecule has 0 aromatic carbocycles. The van der Waals surface area contributed by atoms with E-state index in [2.05, 4.69) is 19.9 Å². The summed E-state index contributed by atoms with van der Waals surface area (Å²) in [5.74, 6) is 0. The lowest BCUT2D eigenvalue weighted by Crippen LogP contribution is -2.28. The van der Waals surface area contributed by atoms with E-state index < -0.39 is 0 Å². The molecule has 14 heavy (non-hydrogen) atoms. The quantitative estimate of drug-likeness (QED) is 0.553. The van der Waals surface area contributed by atoms with Crippen molar-refractivity contribution < 1.29 is 9.90 Å². The van der Waals surface area contributed by atoms with E-state index in [9.17, 15) is 4.79 Å². The second-order valence-corrected chi connectivity index (χ2v) is 5.00. The van der Waals surface area contributed by atoms with Gasteiger partial charge in [0.2, 0.25) is 0 Å². The van der Waals surface area contributed by atoms with Crippen LogP contribution >= 0.6 is 0 Å². The predicted octanol–water partition coefficient (Wildman–Crippen LogP) is 2.32. The van der Waals surface area contributed by atoms with Gasteiger partial charge in [-0.2, -0.15) is 0 Å². The summed E-state index contributed by atoms with van der Waals surface area (Å²) in [6, 6.07) is 0. The summed E-state index contributed by atoms with van der Waals surface area (Å²) in [7, 11) is 0. The number of rotatable bonds is 4. The molecule has 0 fully saturated rings. The zero-order chi connectivity index (χ0) is 10.7. The van der Waals surface area contributed by atoms with Gasteiger partial charge in [0.15, 0.2) is 0 Å². The average molecular weight is 196 g/mol. The maximum Gasteiger partial charge on any atom is 0.129 e. The molecule has 1 rings (SSSR count). The Morgan fingerprint density at radius 1 is 1.36 bits per heavy atom. The van der Waals surface area contributed by atoms with Crippen LogP contribution in [0.1, 0.15) is 39.5 Å². The minimum atomic E-state index is -0.293. The second-order valence-electron chi connectivity index (χ2n) is 5.00. The van der Waals surface area contributed by atoms with Crippen molar-refractivity contribution in [3.63, 3.8) is 0 Å². The fraction of sp³-hybridized carbons (Fsp3) is 0.750. The molecule has 0 saturated carbocycles. The summed E-state index contributed by atoms with van der Waals surface area (Å²) in [5.41, 5.74) is -0.0655. The Morgan fingerprint density at radius 3 is 2.50 bits per heavy atom. The summed E-state index contributed by atoms with van der Waals surface area (Å²) in [4.78, 5) is 11.1. The third-order valence-electron chi connectivity index (χ3n) is 3.14. The van der Waals surface area contributed by atoms with Gasteiger partial charge in [-0.05, 0) is 31.1 Å². The van der Waals surface area contributed by atoms with Crippen LogP contribution in [0.25, 0.3) is 0 Å². The molecule has 0 aromatic heterocycles. The van der Waals surface area contributed by atoms with Crippen LogP contribution in [-0.2, 0) is 4.79 Å². The van der Waals surface area contributed by atoms with Crippen molar-refractivity contribution in [2.24, 2.45) is 10.8 Å². The molecule has 0 radical (unpaired) electrons. The number of carbonyl (C=O) groups is 1. The molecular weight excluding hydrogens is 176 g/mol. The summed E-state index contributed by atoms with van der Waals surface area (Å²) in [5, 5.41) is 8.77. The largest absolute Gasteiger partial charge is 0.396 e. The lowest BCUT2D eigenvalue weighted by atomic mass is 9.69. The van der Waals surface area contributed by atoms with Crippen LogP contribution in [0.3, 0.4) is 0 Å². The van der Waals surface area contributed by atoms with E-state index in [1.54, 1.807) is 0 Å². The van der Waals surface area contributed by atoms with Gasteiger partial charge in [-0.15, -0.1) is 0 Å². The van der Waals surface area contributed by atoms with E-state index in [0.29, 0.717) is 6.42 Å². The summed E-state index contributed by atoms with van der Waals surface area (Å²) in [6.07, 6.45) is 8.69. The van der Waals surface area contributed by atoms with Crippen LogP contribution < -0.4 is 0 Å². The lowest BCUT2D eigenvalue weighted by molar-refractivity contribution is -0.115. The van der Waals surface area contributed by atoms with Crippen LogP contribution in [-0.4, -0.2) is 18.0 Å². The topological polar surface area (TPSA) is 37.3 Å². The van der Waals surface area contributed by atoms with E-state index in [-0.39, 0.29) is 17.4 Å². The molecule has 1 N–H and O–H groups in total. The standard InChI is InChI=1S/C12H20O2/c1-11(2)5-7-12(10-14,8-6-11)4-3-9-13/h5,7,10,13H,3-4,6,8-9H2,1-2H3. The highest BCUT2D eigenvalue weighted by molar-refractivity contribution is 5.63. The first-order chi connectivity index (χ1) is 6.54. The van der Waals surface area contributed by atoms with Crippen molar-refractivity contribution in [3.05, 3.63) is 12.2 Å². The Morgan fingerprint density at radius 2 is 2.07 bits per heavy atom. The zero-order valence-corrected chi connectivity index (χ0v) is 9.12. The molecule has 2 heteroatoms. The molecule has 1 unspecified atom stereocenters. The first kappa shape index (κ1) is 11.4. The third-order valence-corrected chi connectivity index (χ3v) is 3.14. The third kappa shape index (κ3) is 2.68. The Labute approximate surface area is 86.0 Å². The highest BCUT2D eigenvalue weighted by atomic mass is 16.2. The maximum absolute atomic E-state index is 11.1. The Hall–Kier alpha value is -0.630. The van der Waals surface area contributed by atoms with Gasteiger partial charge in [-0.25, -0.2) is 0 Å². The predicted molar refractivity (Wildman–Crippen MR) is 57.0 cm³/mol. The van der Waals surface area contributed by atoms with E-state index in [0.717, 1.165) is 25.5 Å². The Kier molecular flexibility index (Phi) is 3.48. The zero-order valence-electron chi connectivity index (χ0n) is 9.12. The molecule has 0 bridgehead atoms. The molecule has 1 aliphatic rings. The molecule has 80 valence electrons. The SMILES string of the molecule is CC1(C)C=CC(C=O)(CCCO)CC1. The van der Waals surface area contributed by atoms with E-state index in [1.165, 1.54) is 0 Å². The first-order valence-electron chi connectivity index (χ1n) is 5.31. The van der Waals surface area contributed by atoms with E-state index in [4.69, 9.17) is 5.11 Å². The van der Waals surface area contributed by atoms with Crippen LogP contribution in [0.4, 0.5) is 0 Å². The number of aldehydes is 1. The molecule has 2 nitrogen and oxygen atoms in total. The van der Waals surface area contributed by atoms with Crippen molar-refractivity contribution in [2.45, 2.75) is 39.5 Å². The summed E-state index contributed by atoms with van der Waals surface area (Å²) >= 11 is 0. The van der Waals surface area contributed by atoms with Crippen LogP contribution in [0.5, 0.6) is 0 Å². The Balaban J connectivity index is 2.69. The number of hydrogen-bond acceptors (Lipinski definition) is 2. The number of aliphatic hydroxyl groups is 1. The van der Waals surface area contributed by atoms with Crippen LogP contribution in [0, 0.1) is 10.8 Å². The van der Waals surface area contributed by atoms with Gasteiger partial charge in [-0.3, -0.25) is 0 Å². The minimum absolute atomic E-state index is 0.173. The average Bonchev–Trinajstić information content (AvgIpc) is 2.18. The Bertz CT molecular complexity index is 230. The maximum atomic E-state index is 11.1. The number of hydrogen-bond donors (Lipinski definition) is 1. The van der Waals surface area contributed by atoms with Crippen molar-refractivity contribution in [1.29, 1.82) is 0 Å². The van der Waals surface area contributed by atoms with Crippen molar-refractivity contribution in [1.82, 2.24) is 0 Å². The van der Waals surface area contributed by atoms with Gasteiger partial charge >= 0.3 is 0 Å². The van der Waals surface area contributed by atoms with Gasteiger partial charge < -0.3 is 9.90 Å². The molecule has 1 atom stereocenters. The lowest BCUT2D eigenvalue weighted by Gasteiger charge is -2.34. The van der Waals surface area contributed by atoms with Crippen molar-refractivity contribution in [3.8, 4) is 0 Å². The number of allylic oxidation sites excluding steroid dienone is 2. The summed E-state index contributed by atoms with van der Waals surface area (Å²) < 4.78 is 0. The fourth-order valence-corrected chi connectivity index (χ4v) is 1.89. The van der Waals surface area contributed by atoms with Gasteiger partial charge in [-0.1, -0.05) is 26.0 Å². The van der Waals surface area contributed by atoms with Gasteiger partial charge in [0.05, 0.1) is 0 Å². The van der Waals surface area contributed by atoms with Gasteiger partial charge in [0.25, 0.3) is 0 Å². The second kappa shape index (κ2) is 4.26. The smallest absolute Gasteiger partial charge is 0.129 e. The fourth-order valence-electron chi connectivity index (χ4n) is 1.89. The van der Waals surface area contributed by atoms with Crippen molar-refractivity contribution in [2.75, 3.05) is 6.61 Å². The molecule has 0 saturated heterocycles. The molecule has 0 aromatic rings. The normalized spacial score (nSPS) is 30.2.